The molecule has 1 aromatic carbocycles. The molecule has 18 heavy (non-hydrogen) atoms. The highest BCUT2D eigenvalue weighted by molar-refractivity contribution is 5.79. The Bertz CT molecular complexity index is 502. The van der Waals surface area contributed by atoms with E-state index in [1.54, 1.807) is 11.9 Å². The van der Waals surface area contributed by atoms with Crippen LogP contribution in [0.3, 0.4) is 0 Å². The SMILES string of the molecule is C=C1NC(=O)CCC1N(C)c1ccc(F)cc1F. The first-order valence-electron chi connectivity index (χ1n) is 5.65. The van der Waals surface area contributed by atoms with E-state index in [1.165, 1.54) is 12.1 Å². The topological polar surface area (TPSA) is 32.3 Å². The van der Waals surface area contributed by atoms with Gasteiger partial charge >= 0.3 is 0 Å². The van der Waals surface area contributed by atoms with Gasteiger partial charge in [0.05, 0.1) is 11.7 Å². The molecule has 0 aliphatic carbocycles. The fourth-order valence-electron chi connectivity index (χ4n) is 2.13. The maximum Gasteiger partial charge on any atom is 0.224 e. The Labute approximate surface area is 104 Å². The number of piperidine rings is 1. The number of nitrogens with zero attached hydrogens (tertiary/aromatic N) is 1. The molecule has 3 nitrogen and oxygen atoms in total. The van der Waals surface area contributed by atoms with Gasteiger partial charge < -0.3 is 10.2 Å². The minimum absolute atomic E-state index is 0.0794. The zero-order chi connectivity index (χ0) is 13.3. The Balaban J connectivity index is 2.23. The lowest BCUT2D eigenvalue weighted by Crippen LogP contribution is -2.44. The van der Waals surface area contributed by atoms with Gasteiger partial charge in [-0.15, -0.1) is 0 Å². The summed E-state index contributed by atoms with van der Waals surface area (Å²) in [5.74, 6) is -1.31. The van der Waals surface area contributed by atoms with E-state index in [0.717, 1.165) is 6.07 Å². The lowest BCUT2D eigenvalue weighted by Gasteiger charge is -2.34. The van der Waals surface area contributed by atoms with Gasteiger partial charge in [0.1, 0.15) is 11.6 Å². The predicted octanol–water partition coefficient (Wildman–Crippen LogP) is 2.19. The second-order valence-corrected chi connectivity index (χ2v) is 4.33. The molecule has 0 spiro atoms. The first-order valence-corrected chi connectivity index (χ1v) is 5.65. The van der Waals surface area contributed by atoms with Gasteiger partial charge in [0.2, 0.25) is 5.91 Å². The number of hydrogen-bond donors (Lipinski definition) is 1. The van der Waals surface area contributed by atoms with Crippen LogP contribution in [0.15, 0.2) is 30.5 Å². The molecule has 2 rings (SSSR count). The van der Waals surface area contributed by atoms with E-state index in [1.807, 2.05) is 0 Å². The van der Waals surface area contributed by atoms with E-state index in [2.05, 4.69) is 11.9 Å². The van der Waals surface area contributed by atoms with Crippen LogP contribution < -0.4 is 10.2 Å². The van der Waals surface area contributed by atoms with Crippen LogP contribution in [0.1, 0.15) is 12.8 Å². The molecular weight excluding hydrogens is 238 g/mol. The highest BCUT2D eigenvalue weighted by Gasteiger charge is 2.26. The zero-order valence-corrected chi connectivity index (χ0v) is 10.0. The van der Waals surface area contributed by atoms with E-state index in [4.69, 9.17) is 0 Å². The number of rotatable bonds is 2. The zero-order valence-electron chi connectivity index (χ0n) is 10.0. The van der Waals surface area contributed by atoms with Crippen LogP contribution in [-0.4, -0.2) is 19.0 Å². The molecule has 1 aliphatic rings. The summed E-state index contributed by atoms with van der Waals surface area (Å²) in [6.45, 7) is 3.77. The van der Waals surface area contributed by atoms with Gasteiger partial charge in [-0.25, -0.2) is 8.78 Å². The first-order chi connectivity index (χ1) is 8.49. The van der Waals surface area contributed by atoms with Crippen LogP contribution in [-0.2, 0) is 4.79 Å². The number of halogens is 2. The Morgan fingerprint density at radius 1 is 1.44 bits per heavy atom. The van der Waals surface area contributed by atoms with Gasteiger partial charge in [0.15, 0.2) is 0 Å². The number of amides is 1. The van der Waals surface area contributed by atoms with E-state index < -0.39 is 11.6 Å². The molecule has 1 N–H and O–H groups in total. The second-order valence-electron chi connectivity index (χ2n) is 4.33. The van der Waals surface area contributed by atoms with Gasteiger partial charge in [0, 0.05) is 25.2 Å². The molecule has 0 saturated carbocycles. The molecule has 1 aliphatic heterocycles. The Morgan fingerprint density at radius 3 is 2.78 bits per heavy atom. The maximum atomic E-state index is 13.7. The number of anilines is 1. The molecule has 1 atom stereocenters. The van der Waals surface area contributed by atoms with Gasteiger partial charge in [-0.05, 0) is 18.6 Å². The van der Waals surface area contributed by atoms with Crippen molar-refractivity contribution in [3.63, 3.8) is 0 Å². The van der Waals surface area contributed by atoms with Crippen molar-refractivity contribution in [1.82, 2.24) is 5.32 Å². The molecule has 1 fully saturated rings. The molecule has 0 radical (unpaired) electrons. The monoisotopic (exact) mass is 252 g/mol. The molecular formula is C13H14F2N2O. The maximum absolute atomic E-state index is 13.7. The van der Waals surface area contributed by atoms with E-state index in [0.29, 0.717) is 24.2 Å². The molecule has 1 unspecified atom stereocenters. The molecule has 1 saturated heterocycles. The van der Waals surface area contributed by atoms with Gasteiger partial charge in [-0.1, -0.05) is 6.58 Å². The highest BCUT2D eigenvalue weighted by atomic mass is 19.1. The Kier molecular flexibility index (Phi) is 3.32. The van der Waals surface area contributed by atoms with E-state index >= 15 is 0 Å². The van der Waals surface area contributed by atoms with Crippen molar-refractivity contribution in [3.05, 3.63) is 42.1 Å². The fourth-order valence-corrected chi connectivity index (χ4v) is 2.13. The number of likely N-dealkylation sites (N-methyl/N-ethyl adjacent to an activating group) is 1. The second kappa shape index (κ2) is 4.76. The van der Waals surface area contributed by atoms with Crippen molar-refractivity contribution in [2.24, 2.45) is 0 Å². The molecule has 96 valence electrons. The first kappa shape index (κ1) is 12.5. The van der Waals surface area contributed by atoms with Crippen molar-refractivity contribution >= 4 is 11.6 Å². The molecule has 5 heteroatoms. The third kappa shape index (κ3) is 2.34. The van der Waals surface area contributed by atoms with Crippen molar-refractivity contribution in [2.75, 3.05) is 11.9 Å². The standard InChI is InChI=1S/C13H14F2N2O/c1-8-11(5-6-13(18)16-8)17(2)12-4-3-9(14)7-10(12)15/h3-4,7,11H,1,5-6H2,2H3,(H,16,18). The van der Waals surface area contributed by atoms with E-state index in [9.17, 15) is 13.6 Å². The van der Waals surface area contributed by atoms with Crippen LogP contribution in [0.4, 0.5) is 14.5 Å². The summed E-state index contributed by atoms with van der Waals surface area (Å²) in [5.41, 5.74) is 0.830. The van der Waals surface area contributed by atoms with Gasteiger partial charge in [0.25, 0.3) is 0 Å². The minimum Gasteiger partial charge on any atom is -0.364 e. The number of carbonyl (C=O) groups is 1. The van der Waals surface area contributed by atoms with E-state index in [-0.39, 0.29) is 11.9 Å². The van der Waals surface area contributed by atoms with Crippen LogP contribution >= 0.6 is 0 Å². The van der Waals surface area contributed by atoms with Crippen LogP contribution in [0.25, 0.3) is 0 Å². The largest absolute Gasteiger partial charge is 0.364 e. The fraction of sp³-hybridized carbons (Fsp3) is 0.308. The Morgan fingerprint density at radius 2 is 2.17 bits per heavy atom. The summed E-state index contributed by atoms with van der Waals surface area (Å²) in [4.78, 5) is 12.8. The molecule has 0 aromatic heterocycles. The average Bonchev–Trinajstić information content (AvgIpc) is 2.28. The number of benzene rings is 1. The molecule has 0 bridgehead atoms. The Hall–Kier alpha value is -1.91. The van der Waals surface area contributed by atoms with Crippen molar-refractivity contribution < 1.29 is 13.6 Å². The summed E-state index contributed by atoms with van der Waals surface area (Å²) < 4.78 is 26.5. The number of carbonyl (C=O) groups excluding carboxylic acids is 1. The summed E-state index contributed by atoms with van der Waals surface area (Å²) >= 11 is 0. The third-order valence-electron chi connectivity index (χ3n) is 3.10. The van der Waals surface area contributed by atoms with Crippen molar-refractivity contribution in [3.8, 4) is 0 Å². The molecule has 1 aromatic rings. The van der Waals surface area contributed by atoms with Crippen molar-refractivity contribution in [1.29, 1.82) is 0 Å². The quantitative estimate of drug-likeness (QED) is 0.875. The van der Waals surface area contributed by atoms with Crippen LogP contribution in [0, 0.1) is 11.6 Å². The lowest BCUT2D eigenvalue weighted by molar-refractivity contribution is -0.121. The summed E-state index contributed by atoms with van der Waals surface area (Å²) in [6, 6.07) is 3.26. The summed E-state index contributed by atoms with van der Waals surface area (Å²) in [5, 5.41) is 2.64. The molecule has 1 amide bonds. The van der Waals surface area contributed by atoms with Gasteiger partial charge in [-0.2, -0.15) is 0 Å². The summed E-state index contributed by atoms with van der Waals surface area (Å²) in [7, 11) is 1.70. The normalized spacial score (nSPS) is 19.6. The number of nitrogens with one attached hydrogen (secondary N) is 1. The predicted molar refractivity (Wildman–Crippen MR) is 65.1 cm³/mol. The molecule has 1 heterocycles. The lowest BCUT2D eigenvalue weighted by atomic mass is 10.0. The van der Waals surface area contributed by atoms with Gasteiger partial charge in [-0.3, -0.25) is 4.79 Å². The third-order valence-corrected chi connectivity index (χ3v) is 3.10. The van der Waals surface area contributed by atoms with Crippen LogP contribution in [0.2, 0.25) is 0 Å². The average molecular weight is 252 g/mol. The summed E-state index contributed by atoms with van der Waals surface area (Å²) in [6.07, 6.45) is 0.939. The smallest absolute Gasteiger partial charge is 0.224 e. The van der Waals surface area contributed by atoms with Crippen molar-refractivity contribution in [2.45, 2.75) is 18.9 Å². The van der Waals surface area contributed by atoms with Crippen LogP contribution in [0.5, 0.6) is 0 Å². The number of hydrogen-bond acceptors (Lipinski definition) is 2. The minimum atomic E-state index is -0.623. The highest BCUT2D eigenvalue weighted by Crippen LogP contribution is 2.26.